The Morgan fingerprint density at radius 2 is 1.92 bits per heavy atom. The molecule has 2 N–H and O–H groups in total. The zero-order valence-corrected chi connectivity index (χ0v) is 22.0. The van der Waals surface area contributed by atoms with Crippen LogP contribution in [-0.2, 0) is 32.4 Å². The summed E-state index contributed by atoms with van der Waals surface area (Å²) in [5, 5.41) is 6.20. The maximum Gasteiger partial charge on any atom is 0.482 e. The van der Waals surface area contributed by atoms with Gasteiger partial charge in [-0.1, -0.05) is 32.0 Å². The molecule has 1 saturated heterocycles. The van der Waals surface area contributed by atoms with E-state index in [1.54, 1.807) is 25.6 Å². The summed E-state index contributed by atoms with van der Waals surface area (Å²) >= 11 is 0. The molecule has 5 atom stereocenters. The van der Waals surface area contributed by atoms with Gasteiger partial charge in [0.05, 0.1) is 23.9 Å². The van der Waals surface area contributed by atoms with Crippen molar-refractivity contribution in [3.8, 4) is 0 Å². The standard InChI is InChI=1S/C28H32BN3O6/c1-27(2)17-13-21(27)28(3)22(14-17)37-29(38-28)23(12-16-15-36-20-10-6-5-8-18(16)20)31-25(34)24(33)30-19-9-7-11-32(4)26(19)35/h5-11,15,17,21-23H,12-14H2,1-4H3,(H,30,33)(H,31,34)/t17?,21?,22-,23?,28+/m1/s1. The molecule has 3 saturated carbocycles. The van der Waals surface area contributed by atoms with Gasteiger partial charge in [0.25, 0.3) is 5.56 Å². The number of anilines is 1. The minimum Gasteiger partial charge on any atom is -0.464 e. The third-order valence-electron chi connectivity index (χ3n) is 9.19. The number of hydrogen-bond donors (Lipinski definition) is 2. The highest BCUT2D eigenvalue weighted by Crippen LogP contribution is 2.65. The van der Waals surface area contributed by atoms with Crippen LogP contribution >= 0.6 is 0 Å². The van der Waals surface area contributed by atoms with Gasteiger partial charge in [-0.15, -0.1) is 0 Å². The van der Waals surface area contributed by atoms with Crippen LogP contribution in [0.4, 0.5) is 5.69 Å². The molecular weight excluding hydrogens is 485 g/mol. The average molecular weight is 517 g/mol. The number of hydrogen-bond acceptors (Lipinski definition) is 6. The highest BCUT2D eigenvalue weighted by molar-refractivity contribution is 6.49. The topological polar surface area (TPSA) is 112 Å². The molecule has 2 aromatic heterocycles. The monoisotopic (exact) mass is 517 g/mol. The molecule has 3 aliphatic carbocycles. The van der Waals surface area contributed by atoms with Crippen LogP contribution in [0, 0.1) is 17.3 Å². The molecule has 1 aromatic carbocycles. The second kappa shape index (κ2) is 8.85. The minimum absolute atomic E-state index is 0.0291. The van der Waals surface area contributed by atoms with Crippen LogP contribution in [0.1, 0.15) is 39.2 Å². The Bertz CT molecular complexity index is 1480. The number of rotatable bonds is 5. The summed E-state index contributed by atoms with van der Waals surface area (Å²) in [7, 11) is 0.833. The van der Waals surface area contributed by atoms with Gasteiger partial charge in [-0.2, -0.15) is 0 Å². The molecule has 2 amide bonds. The van der Waals surface area contributed by atoms with Crippen LogP contribution in [0.3, 0.4) is 0 Å². The van der Waals surface area contributed by atoms with Crippen molar-refractivity contribution in [1.29, 1.82) is 0 Å². The lowest BCUT2D eigenvalue weighted by Gasteiger charge is -2.64. The van der Waals surface area contributed by atoms with E-state index in [4.69, 9.17) is 13.7 Å². The molecule has 4 aliphatic rings. The van der Waals surface area contributed by atoms with Crippen molar-refractivity contribution >= 4 is 35.6 Å². The number of aromatic nitrogens is 1. The number of benzene rings is 1. The molecule has 3 unspecified atom stereocenters. The summed E-state index contributed by atoms with van der Waals surface area (Å²) < 4.78 is 20.2. The third kappa shape index (κ3) is 3.89. The van der Waals surface area contributed by atoms with Gasteiger partial charge in [-0.25, -0.2) is 0 Å². The summed E-state index contributed by atoms with van der Waals surface area (Å²) in [6.07, 6.45) is 5.52. The number of furan rings is 1. The fourth-order valence-corrected chi connectivity index (χ4v) is 6.82. The second-order valence-corrected chi connectivity index (χ2v) is 11.7. The molecule has 7 rings (SSSR count). The molecule has 198 valence electrons. The lowest BCUT2D eigenvalue weighted by Crippen LogP contribution is -2.65. The number of para-hydroxylation sites is 1. The Labute approximate surface area is 221 Å². The summed E-state index contributed by atoms with van der Waals surface area (Å²) in [5.74, 6) is -1.52. The maximum absolute atomic E-state index is 13.1. The van der Waals surface area contributed by atoms with E-state index in [9.17, 15) is 14.4 Å². The smallest absolute Gasteiger partial charge is 0.464 e. The van der Waals surface area contributed by atoms with Crippen LogP contribution in [0.2, 0.25) is 0 Å². The summed E-state index contributed by atoms with van der Waals surface area (Å²) in [6.45, 7) is 6.70. The van der Waals surface area contributed by atoms with Gasteiger partial charge >= 0.3 is 18.9 Å². The molecule has 38 heavy (non-hydrogen) atoms. The molecule has 3 aromatic rings. The SMILES string of the molecule is Cn1cccc(NC(=O)C(=O)NC(Cc2coc3ccccc23)B2O[C@@H]3CC4CC(C4(C)C)[C@]3(C)O2)c1=O. The van der Waals surface area contributed by atoms with E-state index in [1.807, 2.05) is 24.3 Å². The van der Waals surface area contributed by atoms with Crippen molar-refractivity contribution in [3.05, 3.63) is 64.8 Å². The highest BCUT2D eigenvalue weighted by atomic mass is 16.7. The first-order valence-electron chi connectivity index (χ1n) is 13.1. The number of fused-ring (bicyclic) bond motifs is 1. The first kappa shape index (κ1) is 24.9. The summed E-state index contributed by atoms with van der Waals surface area (Å²) in [5.41, 5.74) is 0.938. The highest BCUT2D eigenvalue weighted by Gasteiger charge is 2.68. The van der Waals surface area contributed by atoms with Crippen molar-refractivity contribution in [1.82, 2.24) is 9.88 Å². The molecule has 9 nitrogen and oxygen atoms in total. The number of aryl methyl sites for hydroxylation is 1. The van der Waals surface area contributed by atoms with Gasteiger partial charge in [0.15, 0.2) is 0 Å². The van der Waals surface area contributed by atoms with Crippen molar-refractivity contribution < 1.29 is 23.3 Å². The van der Waals surface area contributed by atoms with E-state index in [-0.39, 0.29) is 17.2 Å². The van der Waals surface area contributed by atoms with Gasteiger partial charge < -0.3 is 28.9 Å². The number of pyridine rings is 1. The Morgan fingerprint density at radius 3 is 2.71 bits per heavy atom. The number of nitrogens with one attached hydrogen (secondary N) is 2. The van der Waals surface area contributed by atoms with Gasteiger partial charge in [0, 0.05) is 18.6 Å². The van der Waals surface area contributed by atoms with E-state index < -0.39 is 36.0 Å². The van der Waals surface area contributed by atoms with Gasteiger partial charge in [-0.3, -0.25) is 14.4 Å². The number of carbonyl (C=O) groups excluding carboxylic acids is 2. The van der Waals surface area contributed by atoms with Gasteiger partial charge in [0.2, 0.25) is 0 Å². The Balaban J connectivity index is 1.26. The van der Waals surface area contributed by atoms with Gasteiger partial charge in [0.1, 0.15) is 11.3 Å². The number of amides is 2. The van der Waals surface area contributed by atoms with Crippen molar-refractivity contribution in [2.75, 3.05) is 5.32 Å². The molecular formula is C28H32BN3O6. The first-order chi connectivity index (χ1) is 18.1. The zero-order chi connectivity index (χ0) is 26.8. The average Bonchev–Trinajstić information content (AvgIpc) is 3.46. The summed E-state index contributed by atoms with van der Waals surface area (Å²) in [6, 6.07) is 10.8. The molecule has 4 fully saturated rings. The fourth-order valence-electron chi connectivity index (χ4n) is 6.82. The summed E-state index contributed by atoms with van der Waals surface area (Å²) in [4.78, 5) is 38.3. The molecule has 10 heteroatoms. The van der Waals surface area contributed by atoms with Crippen LogP contribution in [0.15, 0.2) is 58.1 Å². The molecule has 3 heterocycles. The lowest BCUT2D eigenvalue weighted by atomic mass is 9.43. The quantitative estimate of drug-likeness (QED) is 0.398. The minimum atomic E-state index is -0.930. The number of nitrogens with zero attached hydrogens (tertiary/aromatic N) is 1. The van der Waals surface area contributed by atoms with E-state index >= 15 is 0 Å². The van der Waals surface area contributed by atoms with Crippen molar-refractivity contribution in [2.45, 2.75) is 57.7 Å². The molecule has 0 radical (unpaired) electrons. The van der Waals surface area contributed by atoms with Crippen LogP contribution in [0.25, 0.3) is 11.0 Å². The molecule has 0 spiro atoms. The largest absolute Gasteiger partial charge is 0.482 e. The molecule has 1 aliphatic heterocycles. The predicted molar refractivity (Wildman–Crippen MR) is 142 cm³/mol. The maximum atomic E-state index is 13.1. The van der Waals surface area contributed by atoms with Crippen LogP contribution in [0.5, 0.6) is 0 Å². The second-order valence-electron chi connectivity index (χ2n) is 11.7. The van der Waals surface area contributed by atoms with Crippen LogP contribution in [-0.4, -0.2) is 41.1 Å². The zero-order valence-electron chi connectivity index (χ0n) is 22.0. The third-order valence-corrected chi connectivity index (χ3v) is 9.19. The predicted octanol–water partition coefficient (Wildman–Crippen LogP) is 3.07. The Morgan fingerprint density at radius 1 is 1.13 bits per heavy atom. The first-order valence-corrected chi connectivity index (χ1v) is 13.1. The van der Waals surface area contributed by atoms with E-state index in [1.165, 1.54) is 10.6 Å². The van der Waals surface area contributed by atoms with Crippen molar-refractivity contribution in [3.63, 3.8) is 0 Å². The van der Waals surface area contributed by atoms with E-state index in [0.29, 0.717) is 18.3 Å². The van der Waals surface area contributed by atoms with Crippen molar-refractivity contribution in [2.24, 2.45) is 24.3 Å². The Kier molecular flexibility index (Phi) is 5.81. The lowest BCUT2D eigenvalue weighted by molar-refractivity contribution is -0.199. The van der Waals surface area contributed by atoms with Gasteiger partial charge in [-0.05, 0) is 67.2 Å². The van der Waals surface area contributed by atoms with Crippen LogP contribution < -0.4 is 16.2 Å². The normalized spacial score (nSPS) is 27.9. The van der Waals surface area contributed by atoms with E-state index in [2.05, 4.69) is 31.4 Å². The van der Waals surface area contributed by atoms with E-state index in [0.717, 1.165) is 29.4 Å². The molecule has 2 bridgehead atoms. The number of carbonyl (C=O) groups is 2. The fraction of sp³-hybridized carbons (Fsp3) is 0.464. The Hall–Kier alpha value is -3.37.